The largest absolute Gasteiger partial charge is 0.0925 e. The SMILES string of the molecule is BrC[C@@H]1CC[C@H]2C[C@H]2C1. The lowest BCUT2D eigenvalue weighted by Crippen LogP contribution is -2.08. The van der Waals surface area contributed by atoms with E-state index in [1.807, 2.05) is 0 Å². The van der Waals surface area contributed by atoms with Gasteiger partial charge in [-0.1, -0.05) is 15.9 Å². The molecule has 0 bridgehead atoms. The molecular formula is C8H13Br. The average molecular weight is 189 g/mol. The first-order valence-electron chi connectivity index (χ1n) is 3.96. The fourth-order valence-corrected chi connectivity index (χ4v) is 2.68. The van der Waals surface area contributed by atoms with Crippen LogP contribution in [-0.2, 0) is 0 Å². The van der Waals surface area contributed by atoms with Crippen LogP contribution >= 0.6 is 15.9 Å². The Kier molecular flexibility index (Phi) is 1.56. The molecule has 0 aromatic heterocycles. The maximum Gasteiger partial charge on any atom is 0.00597 e. The molecule has 0 spiro atoms. The van der Waals surface area contributed by atoms with Gasteiger partial charge in [-0.25, -0.2) is 0 Å². The van der Waals surface area contributed by atoms with E-state index in [9.17, 15) is 0 Å². The summed E-state index contributed by atoms with van der Waals surface area (Å²) in [6.45, 7) is 0. The molecule has 3 atom stereocenters. The van der Waals surface area contributed by atoms with E-state index >= 15 is 0 Å². The highest BCUT2D eigenvalue weighted by Crippen LogP contribution is 2.51. The zero-order chi connectivity index (χ0) is 6.27. The van der Waals surface area contributed by atoms with E-state index in [2.05, 4.69) is 15.9 Å². The molecule has 2 saturated carbocycles. The lowest BCUT2D eigenvalue weighted by atomic mass is 9.91. The fraction of sp³-hybridized carbons (Fsp3) is 1.00. The van der Waals surface area contributed by atoms with Crippen molar-refractivity contribution in [3.05, 3.63) is 0 Å². The van der Waals surface area contributed by atoms with E-state index in [4.69, 9.17) is 0 Å². The molecule has 2 aliphatic rings. The molecule has 0 N–H and O–H groups in total. The number of hydrogen-bond acceptors (Lipinski definition) is 0. The van der Waals surface area contributed by atoms with Crippen molar-refractivity contribution in [1.29, 1.82) is 0 Å². The van der Waals surface area contributed by atoms with Gasteiger partial charge in [-0.05, 0) is 43.4 Å². The molecule has 0 aliphatic heterocycles. The smallest absolute Gasteiger partial charge is 0.00597 e. The quantitative estimate of drug-likeness (QED) is 0.556. The van der Waals surface area contributed by atoms with Crippen LogP contribution in [0.1, 0.15) is 25.7 Å². The van der Waals surface area contributed by atoms with Gasteiger partial charge in [0.05, 0.1) is 0 Å². The monoisotopic (exact) mass is 188 g/mol. The lowest BCUT2D eigenvalue weighted by Gasteiger charge is -2.17. The minimum absolute atomic E-state index is 1.02. The van der Waals surface area contributed by atoms with Gasteiger partial charge in [-0.2, -0.15) is 0 Å². The number of fused-ring (bicyclic) bond motifs is 1. The summed E-state index contributed by atoms with van der Waals surface area (Å²) < 4.78 is 0. The van der Waals surface area contributed by atoms with Crippen LogP contribution < -0.4 is 0 Å². The van der Waals surface area contributed by atoms with Crippen molar-refractivity contribution >= 4 is 15.9 Å². The lowest BCUT2D eigenvalue weighted by molar-refractivity contribution is 0.375. The Morgan fingerprint density at radius 2 is 2.00 bits per heavy atom. The minimum Gasteiger partial charge on any atom is -0.0925 e. The van der Waals surface area contributed by atoms with Gasteiger partial charge >= 0.3 is 0 Å². The van der Waals surface area contributed by atoms with Crippen molar-refractivity contribution in [2.24, 2.45) is 17.8 Å². The second-order valence-corrected chi connectivity index (χ2v) is 4.24. The summed E-state index contributed by atoms with van der Waals surface area (Å²) in [5.41, 5.74) is 0. The van der Waals surface area contributed by atoms with Gasteiger partial charge in [0.25, 0.3) is 0 Å². The Balaban J connectivity index is 1.86. The molecule has 9 heavy (non-hydrogen) atoms. The highest BCUT2D eigenvalue weighted by molar-refractivity contribution is 9.09. The predicted octanol–water partition coefficient (Wildman–Crippen LogP) is 2.82. The van der Waals surface area contributed by atoms with E-state index in [-0.39, 0.29) is 0 Å². The summed E-state index contributed by atoms with van der Waals surface area (Å²) in [5, 5.41) is 1.25. The van der Waals surface area contributed by atoms with Crippen LogP contribution in [0.5, 0.6) is 0 Å². The fourth-order valence-electron chi connectivity index (χ4n) is 2.09. The van der Waals surface area contributed by atoms with Crippen molar-refractivity contribution in [1.82, 2.24) is 0 Å². The Hall–Kier alpha value is 0.480. The van der Waals surface area contributed by atoms with E-state index in [0.29, 0.717) is 0 Å². The van der Waals surface area contributed by atoms with Crippen molar-refractivity contribution in [3.63, 3.8) is 0 Å². The number of alkyl halides is 1. The van der Waals surface area contributed by atoms with Gasteiger partial charge in [0.15, 0.2) is 0 Å². The van der Waals surface area contributed by atoms with Crippen molar-refractivity contribution in [2.75, 3.05) is 5.33 Å². The first-order chi connectivity index (χ1) is 4.40. The molecule has 0 aromatic rings. The molecule has 0 unspecified atom stereocenters. The summed E-state index contributed by atoms with van der Waals surface area (Å²) in [5.74, 6) is 3.34. The summed E-state index contributed by atoms with van der Waals surface area (Å²) in [6.07, 6.45) is 6.10. The molecule has 0 amide bonds. The average Bonchev–Trinajstić information content (AvgIpc) is 2.64. The molecule has 0 nitrogen and oxygen atoms in total. The summed E-state index contributed by atoms with van der Waals surface area (Å²) in [6, 6.07) is 0. The highest BCUT2D eigenvalue weighted by Gasteiger charge is 2.41. The predicted molar refractivity (Wildman–Crippen MR) is 42.7 cm³/mol. The molecule has 0 heterocycles. The van der Waals surface area contributed by atoms with Crippen molar-refractivity contribution in [2.45, 2.75) is 25.7 Å². The van der Waals surface area contributed by atoms with Crippen molar-refractivity contribution in [3.8, 4) is 0 Å². The van der Waals surface area contributed by atoms with Gasteiger partial charge < -0.3 is 0 Å². The first-order valence-corrected chi connectivity index (χ1v) is 5.08. The van der Waals surface area contributed by atoms with Crippen molar-refractivity contribution < 1.29 is 0 Å². The molecule has 2 rings (SSSR count). The van der Waals surface area contributed by atoms with Crippen LogP contribution in [0.25, 0.3) is 0 Å². The van der Waals surface area contributed by atoms with Gasteiger partial charge in [0.2, 0.25) is 0 Å². The molecule has 0 aromatic carbocycles. The van der Waals surface area contributed by atoms with Gasteiger partial charge in [-0.3, -0.25) is 0 Å². The topological polar surface area (TPSA) is 0 Å². The van der Waals surface area contributed by atoms with E-state index in [1.165, 1.54) is 30.5 Å². The van der Waals surface area contributed by atoms with Gasteiger partial charge in [-0.15, -0.1) is 0 Å². The number of hydrogen-bond donors (Lipinski definition) is 0. The molecular weight excluding hydrogens is 176 g/mol. The number of halogens is 1. The third-order valence-electron chi connectivity index (χ3n) is 2.87. The van der Waals surface area contributed by atoms with E-state index in [0.717, 1.165) is 11.8 Å². The number of rotatable bonds is 1. The summed E-state index contributed by atoms with van der Waals surface area (Å²) >= 11 is 3.56. The summed E-state index contributed by atoms with van der Waals surface area (Å²) in [4.78, 5) is 0. The Morgan fingerprint density at radius 1 is 1.11 bits per heavy atom. The zero-order valence-electron chi connectivity index (χ0n) is 5.65. The summed E-state index contributed by atoms with van der Waals surface area (Å²) in [7, 11) is 0. The Morgan fingerprint density at radius 3 is 2.67 bits per heavy atom. The Bertz CT molecular complexity index is 111. The van der Waals surface area contributed by atoms with Gasteiger partial charge in [0.1, 0.15) is 0 Å². The molecule has 52 valence electrons. The normalized spacial score (nSPS) is 48.3. The molecule has 0 saturated heterocycles. The highest BCUT2D eigenvalue weighted by atomic mass is 79.9. The molecule has 2 aliphatic carbocycles. The Labute approximate surface area is 65.1 Å². The molecule has 0 radical (unpaired) electrons. The second-order valence-electron chi connectivity index (χ2n) is 3.59. The van der Waals surface area contributed by atoms with Crippen LogP contribution in [0.2, 0.25) is 0 Å². The zero-order valence-corrected chi connectivity index (χ0v) is 7.23. The third kappa shape index (κ3) is 1.17. The maximum absolute atomic E-state index is 3.56. The van der Waals surface area contributed by atoms with Crippen LogP contribution in [-0.4, -0.2) is 5.33 Å². The van der Waals surface area contributed by atoms with Crippen LogP contribution in [0.4, 0.5) is 0 Å². The second kappa shape index (κ2) is 2.26. The van der Waals surface area contributed by atoms with Gasteiger partial charge in [0, 0.05) is 5.33 Å². The van der Waals surface area contributed by atoms with Crippen LogP contribution in [0.3, 0.4) is 0 Å². The first kappa shape index (κ1) is 6.21. The van der Waals surface area contributed by atoms with E-state index < -0.39 is 0 Å². The van der Waals surface area contributed by atoms with E-state index in [1.54, 1.807) is 6.42 Å². The minimum atomic E-state index is 1.02. The van der Waals surface area contributed by atoms with Crippen LogP contribution in [0, 0.1) is 17.8 Å². The standard InChI is InChI=1S/C8H13Br/c9-5-6-1-2-7-4-8(7)3-6/h6-8H,1-5H2/t6-,7+,8-/m1/s1. The maximum atomic E-state index is 3.56. The third-order valence-corrected chi connectivity index (χ3v) is 3.78. The molecule has 1 heteroatoms. The molecule has 2 fully saturated rings. The van der Waals surface area contributed by atoms with Crippen LogP contribution in [0.15, 0.2) is 0 Å².